The molecule has 0 saturated heterocycles. The van der Waals surface area contributed by atoms with Crippen LogP contribution in [0.3, 0.4) is 0 Å². The first-order valence-corrected chi connectivity index (χ1v) is 20.3. The summed E-state index contributed by atoms with van der Waals surface area (Å²) in [7, 11) is 0. The van der Waals surface area contributed by atoms with Crippen molar-refractivity contribution in [3.05, 3.63) is 100 Å². The van der Waals surface area contributed by atoms with Gasteiger partial charge in [0.25, 0.3) is 0 Å². The molecule has 1 radical (unpaired) electrons. The first-order chi connectivity index (χ1) is 25.2. The zero-order valence-corrected chi connectivity index (χ0v) is 37.3. The number of benzene rings is 3. The van der Waals surface area contributed by atoms with Crippen LogP contribution in [0, 0.1) is 37.7 Å². The normalized spacial score (nSPS) is 12.2. The molecule has 289 valence electrons. The van der Waals surface area contributed by atoms with Crippen LogP contribution in [-0.2, 0) is 36.7 Å². The van der Waals surface area contributed by atoms with Crippen LogP contribution >= 0.6 is 11.3 Å². The molecule has 6 aromatic rings. The molecule has 0 atom stereocenters. The molecule has 0 aliphatic rings. The molecule has 3 heterocycles. The van der Waals surface area contributed by atoms with E-state index in [0.29, 0.717) is 5.92 Å². The monoisotopic (exact) mass is 921 g/mol. The van der Waals surface area contributed by atoms with E-state index in [1.807, 2.05) is 27.7 Å². The topological polar surface area (TPSA) is 63.3 Å². The van der Waals surface area contributed by atoms with Gasteiger partial charge in [0.05, 0.1) is 16.0 Å². The molecule has 3 aromatic heterocycles. The predicted octanol–water partition coefficient (Wildman–Crippen LogP) is 14.3. The Morgan fingerprint density at radius 1 is 0.907 bits per heavy atom. The Hall–Kier alpha value is -3.57. The minimum atomic E-state index is 0. The number of fused-ring (bicyclic) bond motifs is 3. The van der Waals surface area contributed by atoms with Gasteiger partial charge < -0.3 is 9.52 Å². The van der Waals surface area contributed by atoms with E-state index in [1.165, 1.54) is 43.1 Å². The van der Waals surface area contributed by atoms with Crippen LogP contribution in [0.5, 0.6) is 0 Å². The smallest absolute Gasteiger partial charge is 0.162 e. The number of rotatable bonds is 11. The molecule has 0 aliphatic heterocycles. The second-order valence-corrected chi connectivity index (χ2v) is 17.2. The molecule has 54 heavy (non-hydrogen) atoms. The Bertz CT molecular complexity index is 2240. The fraction of sp³-hybridized carbons (Fsp3) is 0.417. The van der Waals surface area contributed by atoms with Crippen LogP contribution in [-0.4, -0.2) is 15.9 Å². The van der Waals surface area contributed by atoms with Crippen LogP contribution in [0.4, 0.5) is 0 Å². The summed E-state index contributed by atoms with van der Waals surface area (Å²) in [5.41, 5.74) is 9.00. The van der Waals surface area contributed by atoms with Crippen LogP contribution in [0.2, 0.25) is 0 Å². The molecule has 3 aromatic carbocycles. The maximum atomic E-state index is 11.7. The number of furan rings is 1. The van der Waals surface area contributed by atoms with Gasteiger partial charge in [-0.15, -0.1) is 40.5 Å². The van der Waals surface area contributed by atoms with E-state index in [9.17, 15) is 9.90 Å². The number of aromatic nitrogens is 1. The molecule has 6 heteroatoms. The van der Waals surface area contributed by atoms with Gasteiger partial charge >= 0.3 is 0 Å². The van der Waals surface area contributed by atoms with E-state index in [1.54, 1.807) is 11.3 Å². The Morgan fingerprint density at radius 3 is 2.20 bits per heavy atom. The van der Waals surface area contributed by atoms with Crippen molar-refractivity contribution in [2.45, 2.75) is 114 Å². The quantitative estimate of drug-likeness (QED) is 0.0799. The summed E-state index contributed by atoms with van der Waals surface area (Å²) in [6, 6.07) is 25.7. The number of hydrogen-bond acceptors (Lipinski definition) is 5. The van der Waals surface area contributed by atoms with E-state index >= 15 is 0 Å². The molecule has 0 unspecified atom stereocenters. The number of hydrogen-bond donors (Lipinski definition) is 1. The Morgan fingerprint density at radius 2 is 1.57 bits per heavy atom. The summed E-state index contributed by atoms with van der Waals surface area (Å²) < 4.78 is 7.49. The van der Waals surface area contributed by atoms with E-state index < -0.39 is 0 Å². The van der Waals surface area contributed by atoms with Crippen molar-refractivity contribution in [2.24, 2.45) is 17.8 Å². The van der Waals surface area contributed by atoms with E-state index in [0.717, 1.165) is 71.2 Å². The zero-order chi connectivity index (χ0) is 38.6. The molecule has 4 nitrogen and oxygen atoms in total. The summed E-state index contributed by atoms with van der Waals surface area (Å²) >= 11 is 1.81. The Balaban J connectivity index is 0.000000347. The van der Waals surface area contributed by atoms with Gasteiger partial charge in [0.15, 0.2) is 5.78 Å². The molecular weight excluding hydrogens is 863 g/mol. The summed E-state index contributed by atoms with van der Waals surface area (Å²) in [5.74, 6) is 2.16. The van der Waals surface area contributed by atoms with E-state index in [2.05, 4.69) is 115 Å². The molecule has 1 N–H and O–H groups in total. The van der Waals surface area contributed by atoms with Gasteiger partial charge in [-0.05, 0) is 80.5 Å². The van der Waals surface area contributed by atoms with Crippen LogP contribution in [0.15, 0.2) is 76.9 Å². The Kier molecular flexibility index (Phi) is 14.7. The van der Waals surface area contributed by atoms with Crippen LogP contribution in [0.25, 0.3) is 54.3 Å². The van der Waals surface area contributed by atoms with Gasteiger partial charge in [-0.25, -0.2) is 0 Å². The van der Waals surface area contributed by atoms with Gasteiger partial charge in [0.2, 0.25) is 0 Å². The maximum absolute atomic E-state index is 11.7. The fourth-order valence-electron chi connectivity index (χ4n) is 7.36. The van der Waals surface area contributed by atoms with Crippen LogP contribution in [0.1, 0.15) is 110 Å². The summed E-state index contributed by atoms with van der Waals surface area (Å²) in [5, 5.41) is 13.4. The van der Waals surface area contributed by atoms with Gasteiger partial charge in [0.1, 0.15) is 11.3 Å². The molecule has 0 aliphatic carbocycles. The number of pyridine rings is 1. The van der Waals surface area contributed by atoms with E-state index in [-0.39, 0.29) is 48.9 Å². The van der Waals surface area contributed by atoms with Gasteiger partial charge in [0, 0.05) is 59.5 Å². The number of carbonyl (C=O) groups excluding carboxylic acids is 1. The number of allylic oxidation sites excluding steroid dienone is 2. The number of carbonyl (C=O) groups is 1. The average Bonchev–Trinajstić information content (AvgIpc) is 3.65. The third-order valence-electron chi connectivity index (χ3n) is 10.5. The van der Waals surface area contributed by atoms with Crippen molar-refractivity contribution < 1.29 is 34.4 Å². The first kappa shape index (κ1) is 43.2. The summed E-state index contributed by atoms with van der Waals surface area (Å²) in [6.45, 7) is 23.7. The molecule has 0 amide bonds. The Labute approximate surface area is 340 Å². The number of aliphatic hydroxyl groups excluding tert-OH is 1. The van der Waals surface area contributed by atoms with Crippen molar-refractivity contribution in [3.63, 3.8) is 0 Å². The maximum Gasteiger partial charge on any atom is 0.162 e. The standard InChI is InChI=1S/C35H34NOS.C13H24O2.Ir/c1-20(2)14-28-22(4)37-33-18-24(12-13-27(28)33)29-19-31(36-32-15-21(3)38-34(29)32)25-16-23-10-8-9-11-26(23)30(17-25)35(5,6)7;1-5-10(6-2)12(14)9-13(15)11(7-3)8-4;/h8-13,15,17-20H,14H2,1-7H3;9-11,14H,5-8H2,1-4H3;/q-1;;/b;12-9-;. The molecular formula is C48H58IrNO3S-. The molecule has 6 rings (SSSR count). The van der Waals surface area contributed by atoms with Crippen molar-refractivity contribution in [2.75, 3.05) is 0 Å². The molecule has 0 spiro atoms. The fourth-order valence-corrected chi connectivity index (χ4v) is 8.35. The largest absolute Gasteiger partial charge is 0.512 e. The number of aryl methyl sites for hydroxylation is 2. The SMILES string of the molecule is CCC(CC)C(=O)/C=C(\O)C(CC)CC.Cc1cc2nc(-c3[c-]c4ccccc4c(C(C)(C)C)c3)cc(-c3ccc4c(CC(C)C)c(C)oc4c3)c2s1.[Ir]. The third kappa shape index (κ3) is 9.62. The number of ketones is 1. The van der Waals surface area contributed by atoms with Crippen LogP contribution < -0.4 is 0 Å². The second-order valence-electron chi connectivity index (χ2n) is 16.0. The van der Waals surface area contributed by atoms with Gasteiger partial charge in [-0.2, -0.15) is 0 Å². The minimum Gasteiger partial charge on any atom is -0.512 e. The molecule has 0 fully saturated rings. The summed E-state index contributed by atoms with van der Waals surface area (Å²) in [4.78, 5) is 18.1. The average molecular weight is 921 g/mol. The van der Waals surface area contributed by atoms with Crippen molar-refractivity contribution >= 4 is 49.1 Å². The van der Waals surface area contributed by atoms with E-state index in [4.69, 9.17) is 9.40 Å². The first-order valence-electron chi connectivity index (χ1n) is 19.5. The predicted molar refractivity (Wildman–Crippen MR) is 227 cm³/mol. The second kappa shape index (κ2) is 18.4. The van der Waals surface area contributed by atoms with Crippen molar-refractivity contribution in [1.82, 2.24) is 4.98 Å². The minimum absolute atomic E-state index is 0. The van der Waals surface area contributed by atoms with Gasteiger partial charge in [-0.1, -0.05) is 110 Å². The molecule has 0 bridgehead atoms. The molecule has 0 saturated carbocycles. The summed E-state index contributed by atoms with van der Waals surface area (Å²) in [6.07, 6.45) is 5.93. The zero-order valence-electron chi connectivity index (χ0n) is 34.1. The van der Waals surface area contributed by atoms with Crippen molar-refractivity contribution in [3.8, 4) is 22.4 Å². The number of thiophene rings is 1. The number of aliphatic hydroxyl groups is 1. The van der Waals surface area contributed by atoms with Gasteiger partial charge in [-0.3, -0.25) is 9.78 Å². The third-order valence-corrected chi connectivity index (χ3v) is 11.5. The number of nitrogens with zero attached hydrogens (tertiary/aromatic N) is 1. The van der Waals surface area contributed by atoms with Crippen molar-refractivity contribution in [1.29, 1.82) is 0 Å².